The second-order valence-electron chi connectivity index (χ2n) is 6.59. The van der Waals surface area contributed by atoms with Crippen LogP contribution in [0, 0.1) is 20.8 Å². The number of benzene rings is 2. The summed E-state index contributed by atoms with van der Waals surface area (Å²) in [5.41, 5.74) is 2.67. The number of amides is 1. The number of sulfonamides is 1. The van der Waals surface area contributed by atoms with E-state index in [1.54, 1.807) is 58.2 Å². The lowest BCUT2D eigenvalue weighted by Gasteiger charge is -2.21. The molecule has 2 N–H and O–H groups in total. The van der Waals surface area contributed by atoms with Gasteiger partial charge in [-0.1, -0.05) is 23.7 Å². The largest absolute Gasteiger partial charge is 0.496 e. The highest BCUT2D eigenvalue weighted by atomic mass is 35.5. The molecule has 0 spiro atoms. The van der Waals surface area contributed by atoms with Crippen LogP contribution in [0.1, 0.15) is 22.3 Å². The molecule has 0 heterocycles. The SMILES string of the molecule is CNC(=O)[C@H](Cc1ccc(Cl)cc1)NS(=O)(=O)c1c(C)cc(OC)c(C)c1C. The number of aryl methyl sites for hydroxylation is 1. The van der Waals surface area contributed by atoms with Crippen LogP contribution in [-0.4, -0.2) is 34.5 Å². The molecule has 0 bridgehead atoms. The van der Waals surface area contributed by atoms with Crippen LogP contribution in [0.5, 0.6) is 5.75 Å². The molecule has 0 radical (unpaired) electrons. The number of hydrogen-bond acceptors (Lipinski definition) is 4. The highest BCUT2D eigenvalue weighted by molar-refractivity contribution is 7.89. The Kier molecular flexibility index (Phi) is 7.09. The van der Waals surface area contributed by atoms with Crippen molar-refractivity contribution in [2.75, 3.05) is 14.2 Å². The summed E-state index contributed by atoms with van der Waals surface area (Å²) in [6.45, 7) is 5.24. The van der Waals surface area contributed by atoms with Crippen molar-refractivity contribution in [1.82, 2.24) is 10.0 Å². The zero-order valence-electron chi connectivity index (χ0n) is 16.6. The van der Waals surface area contributed by atoms with Crippen LogP contribution in [0.4, 0.5) is 0 Å². The van der Waals surface area contributed by atoms with Crippen molar-refractivity contribution >= 4 is 27.5 Å². The maximum atomic E-state index is 13.1. The number of hydrogen-bond donors (Lipinski definition) is 2. The van der Waals surface area contributed by atoms with Crippen molar-refractivity contribution in [2.24, 2.45) is 0 Å². The lowest BCUT2D eigenvalue weighted by molar-refractivity contribution is -0.122. The first-order chi connectivity index (χ1) is 13.1. The van der Waals surface area contributed by atoms with Crippen LogP contribution < -0.4 is 14.8 Å². The minimum Gasteiger partial charge on any atom is -0.496 e. The Bertz CT molecular complexity index is 973. The molecule has 0 aromatic heterocycles. The van der Waals surface area contributed by atoms with Gasteiger partial charge in [-0.25, -0.2) is 8.42 Å². The number of likely N-dealkylation sites (N-methyl/N-ethyl adjacent to an activating group) is 1. The van der Waals surface area contributed by atoms with Crippen molar-refractivity contribution in [2.45, 2.75) is 38.1 Å². The van der Waals surface area contributed by atoms with Crippen molar-refractivity contribution < 1.29 is 17.9 Å². The van der Waals surface area contributed by atoms with E-state index in [-0.39, 0.29) is 11.3 Å². The van der Waals surface area contributed by atoms with Gasteiger partial charge >= 0.3 is 0 Å². The van der Waals surface area contributed by atoms with Gasteiger partial charge in [0, 0.05) is 12.1 Å². The van der Waals surface area contributed by atoms with Crippen LogP contribution in [0.15, 0.2) is 35.2 Å². The smallest absolute Gasteiger partial charge is 0.241 e. The van der Waals surface area contributed by atoms with E-state index in [9.17, 15) is 13.2 Å². The van der Waals surface area contributed by atoms with Gasteiger partial charge in [-0.2, -0.15) is 4.72 Å². The molecule has 0 aliphatic heterocycles. The normalized spacial score (nSPS) is 12.5. The van der Waals surface area contributed by atoms with E-state index in [2.05, 4.69) is 10.0 Å². The molecule has 28 heavy (non-hydrogen) atoms. The Labute approximate surface area is 171 Å². The third kappa shape index (κ3) is 4.84. The van der Waals surface area contributed by atoms with E-state index >= 15 is 0 Å². The molecule has 2 aromatic carbocycles. The molecule has 1 amide bonds. The third-order valence-electron chi connectivity index (χ3n) is 4.68. The maximum Gasteiger partial charge on any atom is 0.241 e. The molecule has 0 aliphatic rings. The lowest BCUT2D eigenvalue weighted by atomic mass is 10.1. The summed E-state index contributed by atoms with van der Waals surface area (Å²) < 4.78 is 34.2. The van der Waals surface area contributed by atoms with Crippen molar-refractivity contribution in [1.29, 1.82) is 0 Å². The molecule has 0 saturated heterocycles. The quantitative estimate of drug-likeness (QED) is 0.715. The van der Waals surface area contributed by atoms with E-state index in [0.717, 1.165) is 11.1 Å². The summed E-state index contributed by atoms with van der Waals surface area (Å²) in [5, 5.41) is 3.09. The van der Waals surface area contributed by atoms with E-state index in [4.69, 9.17) is 16.3 Å². The summed E-state index contributed by atoms with van der Waals surface area (Å²) in [7, 11) is -0.929. The van der Waals surface area contributed by atoms with Gasteiger partial charge in [-0.3, -0.25) is 4.79 Å². The number of rotatable bonds is 7. The molecule has 2 aromatic rings. The maximum absolute atomic E-state index is 13.1. The summed E-state index contributed by atoms with van der Waals surface area (Å²) in [6, 6.07) is 7.66. The van der Waals surface area contributed by atoms with Crippen molar-refractivity contribution in [3.8, 4) is 5.75 Å². The first kappa shape index (κ1) is 22.2. The van der Waals surface area contributed by atoms with Crippen molar-refractivity contribution in [3.05, 3.63) is 57.6 Å². The number of halogens is 1. The summed E-state index contributed by atoms with van der Waals surface area (Å²) in [4.78, 5) is 12.5. The average molecular weight is 425 g/mol. The second kappa shape index (κ2) is 8.94. The van der Waals surface area contributed by atoms with E-state index in [1.165, 1.54) is 7.05 Å². The predicted octanol–water partition coefficient (Wildman–Crippen LogP) is 2.91. The minimum absolute atomic E-state index is 0.163. The lowest BCUT2D eigenvalue weighted by Crippen LogP contribution is -2.47. The summed E-state index contributed by atoms with van der Waals surface area (Å²) >= 11 is 5.90. The fourth-order valence-electron chi connectivity index (χ4n) is 3.11. The second-order valence-corrected chi connectivity index (χ2v) is 8.68. The number of ether oxygens (including phenoxy) is 1. The van der Waals surface area contributed by atoms with Crippen LogP contribution >= 0.6 is 11.6 Å². The monoisotopic (exact) mass is 424 g/mol. The first-order valence-electron chi connectivity index (χ1n) is 8.73. The topological polar surface area (TPSA) is 84.5 Å². The number of nitrogens with one attached hydrogen (secondary N) is 2. The highest BCUT2D eigenvalue weighted by Crippen LogP contribution is 2.30. The van der Waals surface area contributed by atoms with Gasteiger partial charge in [0.25, 0.3) is 0 Å². The fraction of sp³-hybridized carbons (Fsp3) is 0.350. The summed E-state index contributed by atoms with van der Waals surface area (Å²) in [5.74, 6) is 0.206. The zero-order valence-corrected chi connectivity index (χ0v) is 18.2. The van der Waals surface area contributed by atoms with E-state index in [0.29, 0.717) is 21.9 Å². The van der Waals surface area contributed by atoms with Gasteiger partial charge in [0.1, 0.15) is 11.8 Å². The third-order valence-corrected chi connectivity index (χ3v) is 6.69. The molecule has 0 unspecified atom stereocenters. The standard InChI is InChI=1S/C20H25ClN2O4S/c1-12-10-18(27-5)13(2)14(3)19(12)28(25,26)23-17(20(24)22-4)11-15-6-8-16(21)9-7-15/h6-10,17,23H,11H2,1-5H3,(H,22,24)/t17-/m0/s1. The van der Waals surface area contributed by atoms with Crippen molar-refractivity contribution in [3.63, 3.8) is 0 Å². The summed E-state index contributed by atoms with van der Waals surface area (Å²) in [6.07, 6.45) is 0.198. The molecule has 0 aliphatic carbocycles. The Morgan fingerprint density at radius 3 is 2.29 bits per heavy atom. The molecule has 8 heteroatoms. The van der Waals surface area contributed by atoms with Crippen LogP contribution in [0.3, 0.4) is 0 Å². The molecule has 2 rings (SSSR count). The minimum atomic E-state index is -3.94. The Morgan fingerprint density at radius 2 is 1.75 bits per heavy atom. The highest BCUT2D eigenvalue weighted by Gasteiger charge is 2.29. The van der Waals surface area contributed by atoms with Crippen LogP contribution in [-0.2, 0) is 21.2 Å². The van der Waals surface area contributed by atoms with E-state index < -0.39 is 22.0 Å². The Balaban J connectivity index is 2.42. The molecule has 0 saturated carbocycles. The first-order valence-corrected chi connectivity index (χ1v) is 10.6. The van der Waals surface area contributed by atoms with E-state index in [1.807, 2.05) is 0 Å². The molecule has 6 nitrogen and oxygen atoms in total. The molecule has 1 atom stereocenters. The predicted molar refractivity (Wildman–Crippen MR) is 111 cm³/mol. The Hall–Kier alpha value is -2.09. The molecule has 0 fully saturated rings. The van der Waals surface area contributed by atoms with Gasteiger partial charge in [-0.05, 0) is 67.6 Å². The average Bonchev–Trinajstić information content (AvgIpc) is 2.64. The molecule has 152 valence electrons. The number of carbonyl (C=O) groups excluding carboxylic acids is 1. The molecular formula is C20H25ClN2O4S. The molecular weight excluding hydrogens is 400 g/mol. The van der Waals surface area contributed by atoms with Crippen LogP contribution in [0.2, 0.25) is 5.02 Å². The van der Waals surface area contributed by atoms with Gasteiger partial charge in [0.15, 0.2) is 0 Å². The van der Waals surface area contributed by atoms with Gasteiger partial charge in [0.05, 0.1) is 12.0 Å². The Morgan fingerprint density at radius 1 is 1.14 bits per heavy atom. The fourth-order valence-corrected chi connectivity index (χ4v) is 4.96. The van der Waals surface area contributed by atoms with Crippen LogP contribution in [0.25, 0.3) is 0 Å². The number of carbonyl (C=O) groups is 1. The number of methoxy groups -OCH3 is 1. The van der Waals surface area contributed by atoms with Gasteiger partial charge < -0.3 is 10.1 Å². The van der Waals surface area contributed by atoms with Gasteiger partial charge in [0.2, 0.25) is 15.9 Å². The zero-order chi connectivity index (χ0) is 21.1. The van der Waals surface area contributed by atoms with Gasteiger partial charge in [-0.15, -0.1) is 0 Å².